The molecule has 3 heterocycles. The van der Waals surface area contributed by atoms with Crippen molar-refractivity contribution in [3.8, 4) is 0 Å². The van der Waals surface area contributed by atoms with E-state index in [1.54, 1.807) is 11.3 Å². The summed E-state index contributed by atoms with van der Waals surface area (Å²) in [5, 5.41) is 11.5. The highest BCUT2D eigenvalue weighted by atomic mass is 32.2. The molecule has 0 bridgehead atoms. The van der Waals surface area contributed by atoms with Crippen molar-refractivity contribution in [1.82, 2.24) is 19.3 Å². The van der Waals surface area contributed by atoms with E-state index in [1.165, 1.54) is 29.5 Å². The standard InChI is InChI=1S/C20H24N4OS2/c1-13-11-17(14(2)24(13)9-8-16-5-4-10-26-16)18(25)12-27-20-22-21-19(23(20)3)15-6-7-15/h4-5,10-11,15H,6-9,12H2,1-3H3. The monoisotopic (exact) mass is 400 g/mol. The van der Waals surface area contributed by atoms with Crippen molar-refractivity contribution in [2.75, 3.05) is 5.75 Å². The maximum absolute atomic E-state index is 12.8. The van der Waals surface area contributed by atoms with Crippen LogP contribution >= 0.6 is 23.1 Å². The lowest BCUT2D eigenvalue weighted by Crippen LogP contribution is -2.08. The van der Waals surface area contributed by atoms with E-state index in [4.69, 9.17) is 0 Å². The summed E-state index contributed by atoms with van der Waals surface area (Å²) in [7, 11) is 2.00. The molecule has 0 aromatic carbocycles. The highest BCUT2D eigenvalue weighted by Crippen LogP contribution is 2.39. The number of ketones is 1. The van der Waals surface area contributed by atoms with Crippen LogP contribution in [-0.2, 0) is 20.0 Å². The zero-order chi connectivity index (χ0) is 19.0. The Morgan fingerprint density at radius 2 is 2.15 bits per heavy atom. The molecule has 1 aliphatic rings. The quantitative estimate of drug-likeness (QED) is 0.416. The average molecular weight is 401 g/mol. The lowest BCUT2D eigenvalue weighted by atomic mass is 10.2. The molecule has 0 aliphatic heterocycles. The molecule has 1 saturated carbocycles. The minimum atomic E-state index is 0.159. The van der Waals surface area contributed by atoms with E-state index >= 15 is 0 Å². The fourth-order valence-corrected chi connectivity index (χ4v) is 4.96. The molecule has 0 spiro atoms. The predicted molar refractivity (Wildman–Crippen MR) is 110 cm³/mol. The average Bonchev–Trinajstić information content (AvgIpc) is 3.10. The van der Waals surface area contributed by atoms with Crippen molar-refractivity contribution in [2.45, 2.75) is 50.7 Å². The van der Waals surface area contributed by atoms with Gasteiger partial charge in [-0.2, -0.15) is 0 Å². The topological polar surface area (TPSA) is 52.7 Å². The molecule has 4 rings (SSSR count). The van der Waals surface area contributed by atoms with Crippen molar-refractivity contribution in [2.24, 2.45) is 7.05 Å². The first kappa shape index (κ1) is 18.5. The Balaban J connectivity index is 1.42. The smallest absolute Gasteiger partial charge is 0.191 e. The van der Waals surface area contributed by atoms with Gasteiger partial charge in [-0.05, 0) is 50.6 Å². The molecule has 0 saturated heterocycles. The molecule has 1 fully saturated rings. The molecule has 0 atom stereocenters. The van der Waals surface area contributed by atoms with Gasteiger partial charge in [-0.1, -0.05) is 17.8 Å². The number of carbonyl (C=O) groups excluding carboxylic acids is 1. The normalized spacial score (nSPS) is 14.0. The molecular weight excluding hydrogens is 376 g/mol. The maximum Gasteiger partial charge on any atom is 0.191 e. The van der Waals surface area contributed by atoms with E-state index < -0.39 is 0 Å². The number of hydrogen-bond acceptors (Lipinski definition) is 5. The molecule has 3 aromatic rings. The van der Waals surface area contributed by atoms with E-state index in [0.717, 1.165) is 40.9 Å². The number of nitrogens with zero attached hydrogens (tertiary/aromatic N) is 4. The van der Waals surface area contributed by atoms with Crippen molar-refractivity contribution in [1.29, 1.82) is 0 Å². The Hall–Kier alpha value is -1.86. The fourth-order valence-electron chi connectivity index (χ4n) is 3.46. The number of rotatable bonds is 8. The van der Waals surface area contributed by atoms with Crippen LogP contribution in [0.3, 0.4) is 0 Å². The molecule has 7 heteroatoms. The van der Waals surface area contributed by atoms with Crippen molar-refractivity contribution in [3.05, 3.63) is 51.2 Å². The largest absolute Gasteiger partial charge is 0.348 e. The van der Waals surface area contributed by atoms with Gasteiger partial charge in [-0.25, -0.2) is 0 Å². The number of Topliss-reactive ketones (excluding diaryl/α,β-unsaturated/α-hetero) is 1. The van der Waals surface area contributed by atoms with Crippen LogP contribution in [0.4, 0.5) is 0 Å². The van der Waals surface area contributed by atoms with Crippen LogP contribution in [0.2, 0.25) is 0 Å². The summed E-state index contributed by atoms with van der Waals surface area (Å²) in [5.41, 5.74) is 3.04. The Kier molecular flexibility index (Phi) is 5.23. The number of hydrogen-bond donors (Lipinski definition) is 0. The Morgan fingerprint density at radius 1 is 1.33 bits per heavy atom. The van der Waals surface area contributed by atoms with Crippen LogP contribution in [-0.4, -0.2) is 30.9 Å². The van der Waals surface area contributed by atoms with Gasteiger partial charge in [0.1, 0.15) is 5.82 Å². The molecule has 0 unspecified atom stereocenters. The van der Waals surface area contributed by atoms with Gasteiger partial charge in [-0.3, -0.25) is 4.79 Å². The van der Waals surface area contributed by atoms with Crippen LogP contribution in [0.15, 0.2) is 28.7 Å². The van der Waals surface area contributed by atoms with Gasteiger partial charge in [0.2, 0.25) is 0 Å². The van der Waals surface area contributed by atoms with Gasteiger partial charge in [0.15, 0.2) is 10.9 Å². The molecule has 1 aliphatic carbocycles. The SMILES string of the molecule is Cc1cc(C(=O)CSc2nnc(C3CC3)n2C)c(C)n1CCc1cccs1. The third kappa shape index (κ3) is 3.89. The van der Waals surface area contributed by atoms with Crippen molar-refractivity contribution >= 4 is 28.9 Å². The summed E-state index contributed by atoms with van der Waals surface area (Å²) in [6.45, 7) is 5.04. The Labute approximate surface area is 167 Å². The fraction of sp³-hybridized carbons (Fsp3) is 0.450. The molecule has 27 heavy (non-hydrogen) atoms. The van der Waals surface area contributed by atoms with E-state index in [-0.39, 0.29) is 5.78 Å². The predicted octanol–water partition coefficient (Wildman–Crippen LogP) is 4.39. The second-order valence-corrected chi connectivity index (χ2v) is 9.13. The lowest BCUT2D eigenvalue weighted by Gasteiger charge is -2.09. The number of thioether (sulfide) groups is 1. The zero-order valence-electron chi connectivity index (χ0n) is 15.9. The molecule has 0 radical (unpaired) electrons. The molecule has 5 nitrogen and oxygen atoms in total. The van der Waals surface area contributed by atoms with E-state index in [2.05, 4.69) is 39.2 Å². The van der Waals surface area contributed by atoms with Crippen LogP contribution in [0.5, 0.6) is 0 Å². The van der Waals surface area contributed by atoms with Gasteiger partial charge in [0.25, 0.3) is 0 Å². The number of aryl methyl sites for hydroxylation is 2. The molecule has 0 amide bonds. The third-order valence-corrected chi connectivity index (χ3v) is 7.14. The Bertz CT molecular complexity index is 951. The van der Waals surface area contributed by atoms with Gasteiger partial charge in [0.05, 0.1) is 5.75 Å². The highest BCUT2D eigenvalue weighted by molar-refractivity contribution is 7.99. The van der Waals surface area contributed by atoms with E-state index in [0.29, 0.717) is 11.7 Å². The van der Waals surface area contributed by atoms with Gasteiger partial charge in [-0.15, -0.1) is 21.5 Å². The van der Waals surface area contributed by atoms with E-state index in [9.17, 15) is 4.79 Å². The van der Waals surface area contributed by atoms with Gasteiger partial charge in [0, 0.05) is 41.3 Å². The van der Waals surface area contributed by atoms with Crippen molar-refractivity contribution < 1.29 is 4.79 Å². The number of carbonyl (C=O) groups is 1. The summed E-state index contributed by atoms with van der Waals surface area (Å²) >= 11 is 3.27. The first-order chi connectivity index (χ1) is 13.0. The van der Waals surface area contributed by atoms with Crippen LogP contribution in [0, 0.1) is 13.8 Å². The Morgan fingerprint density at radius 3 is 2.85 bits per heavy atom. The van der Waals surface area contributed by atoms with Crippen LogP contribution in [0.25, 0.3) is 0 Å². The summed E-state index contributed by atoms with van der Waals surface area (Å²) < 4.78 is 4.30. The zero-order valence-corrected chi connectivity index (χ0v) is 17.6. The molecule has 0 N–H and O–H groups in total. The minimum absolute atomic E-state index is 0.159. The summed E-state index contributed by atoms with van der Waals surface area (Å²) in [5.74, 6) is 2.17. The van der Waals surface area contributed by atoms with E-state index in [1.807, 2.05) is 24.6 Å². The molecular formula is C20H24N4OS2. The second-order valence-electron chi connectivity index (χ2n) is 7.15. The maximum atomic E-state index is 12.8. The molecule has 3 aromatic heterocycles. The van der Waals surface area contributed by atoms with Crippen LogP contribution < -0.4 is 0 Å². The summed E-state index contributed by atoms with van der Waals surface area (Å²) in [6, 6.07) is 6.28. The van der Waals surface area contributed by atoms with Crippen molar-refractivity contribution in [3.63, 3.8) is 0 Å². The van der Waals surface area contributed by atoms with Gasteiger partial charge < -0.3 is 9.13 Å². The van der Waals surface area contributed by atoms with Crippen LogP contribution in [0.1, 0.15) is 51.2 Å². The highest BCUT2D eigenvalue weighted by Gasteiger charge is 2.29. The van der Waals surface area contributed by atoms with Gasteiger partial charge >= 0.3 is 0 Å². The molecule has 142 valence electrons. The third-order valence-electron chi connectivity index (χ3n) is 5.18. The first-order valence-corrected chi connectivity index (χ1v) is 11.2. The minimum Gasteiger partial charge on any atom is -0.348 e. The number of aromatic nitrogens is 4. The first-order valence-electron chi connectivity index (χ1n) is 9.29. The summed E-state index contributed by atoms with van der Waals surface area (Å²) in [6.07, 6.45) is 3.40. The summed E-state index contributed by atoms with van der Waals surface area (Å²) in [4.78, 5) is 14.2. The second kappa shape index (κ2) is 7.64. The number of thiophene rings is 1. The lowest BCUT2D eigenvalue weighted by molar-refractivity contribution is 0.102.